The Kier molecular flexibility index (Phi) is 4.42. The molecule has 2 aromatic rings. The summed E-state index contributed by atoms with van der Waals surface area (Å²) >= 11 is 7.24. The predicted octanol–water partition coefficient (Wildman–Crippen LogP) is 3.78. The van der Waals surface area contributed by atoms with Crippen LogP contribution in [0.5, 0.6) is 5.75 Å². The van der Waals surface area contributed by atoms with Crippen LogP contribution >= 0.6 is 23.4 Å². The average Bonchev–Trinajstić information content (AvgIpc) is 2.42. The summed E-state index contributed by atoms with van der Waals surface area (Å²) in [6, 6.07) is 10.0. The van der Waals surface area contributed by atoms with Crippen molar-refractivity contribution in [2.75, 3.05) is 12.8 Å². The van der Waals surface area contributed by atoms with Crippen LogP contribution in [0.25, 0.3) is 0 Å². The minimum atomic E-state index is -0.979. The number of carboxylic acid groups (broad SMARTS) is 1. The van der Waals surface area contributed by atoms with Gasteiger partial charge in [0.2, 0.25) is 0 Å². The molecule has 104 valence electrons. The third kappa shape index (κ3) is 3.00. The molecule has 0 saturated heterocycles. The lowest BCUT2D eigenvalue weighted by atomic mass is 10.2. The van der Waals surface area contributed by atoms with Gasteiger partial charge in [0.05, 0.1) is 17.7 Å². The summed E-state index contributed by atoms with van der Waals surface area (Å²) in [5.41, 5.74) is 6.61. The predicted molar refractivity (Wildman–Crippen MR) is 79.9 cm³/mol. The number of halogens is 1. The maximum Gasteiger partial charge on any atom is 0.336 e. The van der Waals surface area contributed by atoms with Crippen molar-refractivity contribution in [3.63, 3.8) is 0 Å². The van der Waals surface area contributed by atoms with Crippen LogP contribution < -0.4 is 10.5 Å². The van der Waals surface area contributed by atoms with E-state index in [0.29, 0.717) is 26.3 Å². The van der Waals surface area contributed by atoms with Crippen LogP contribution in [0.4, 0.5) is 5.69 Å². The van der Waals surface area contributed by atoms with Gasteiger partial charge < -0.3 is 15.6 Å². The molecule has 0 saturated carbocycles. The zero-order valence-electron chi connectivity index (χ0n) is 10.6. The standard InChI is InChI=1S/C14H12ClNO3S/c1-19-11-7-13(10(16)6-9(11)15)20-12-5-3-2-4-8(12)14(17)18/h2-7H,16H2,1H3,(H,17,18). The van der Waals surface area contributed by atoms with Gasteiger partial charge >= 0.3 is 5.97 Å². The van der Waals surface area contributed by atoms with E-state index in [-0.39, 0.29) is 5.56 Å². The minimum Gasteiger partial charge on any atom is -0.495 e. The molecule has 0 fully saturated rings. The second kappa shape index (κ2) is 6.07. The number of aromatic carboxylic acids is 1. The quantitative estimate of drug-likeness (QED) is 0.841. The molecule has 3 N–H and O–H groups in total. The lowest BCUT2D eigenvalue weighted by Crippen LogP contribution is -1.98. The summed E-state index contributed by atoms with van der Waals surface area (Å²) in [6.07, 6.45) is 0. The first-order valence-corrected chi connectivity index (χ1v) is 6.85. The fraction of sp³-hybridized carbons (Fsp3) is 0.0714. The Morgan fingerprint density at radius 2 is 2.00 bits per heavy atom. The normalized spacial score (nSPS) is 10.3. The third-order valence-corrected chi connectivity index (χ3v) is 4.07. The summed E-state index contributed by atoms with van der Waals surface area (Å²) in [4.78, 5) is 12.5. The highest BCUT2D eigenvalue weighted by molar-refractivity contribution is 7.99. The molecule has 0 unspecified atom stereocenters. The zero-order chi connectivity index (χ0) is 14.7. The Morgan fingerprint density at radius 3 is 2.65 bits per heavy atom. The molecule has 0 aliphatic carbocycles. The summed E-state index contributed by atoms with van der Waals surface area (Å²) in [7, 11) is 1.51. The zero-order valence-corrected chi connectivity index (χ0v) is 12.2. The first-order valence-electron chi connectivity index (χ1n) is 5.66. The summed E-state index contributed by atoms with van der Waals surface area (Å²) in [5.74, 6) is -0.483. The molecule has 6 heteroatoms. The van der Waals surface area contributed by atoms with Crippen molar-refractivity contribution in [2.24, 2.45) is 0 Å². The molecule has 2 aromatic carbocycles. The van der Waals surface area contributed by atoms with Crippen molar-refractivity contribution in [1.82, 2.24) is 0 Å². The molecule has 0 aromatic heterocycles. The fourth-order valence-corrected chi connectivity index (χ4v) is 2.89. The Hall–Kier alpha value is -1.85. The molecule has 0 heterocycles. The maximum atomic E-state index is 11.2. The number of nitrogen functional groups attached to an aromatic ring is 1. The SMILES string of the molecule is COc1cc(Sc2ccccc2C(=O)O)c(N)cc1Cl. The molecule has 0 bridgehead atoms. The molecule has 4 nitrogen and oxygen atoms in total. The van der Waals surface area contributed by atoms with E-state index in [9.17, 15) is 4.79 Å². The monoisotopic (exact) mass is 309 g/mol. The average molecular weight is 310 g/mol. The van der Waals surface area contributed by atoms with E-state index in [4.69, 9.17) is 27.2 Å². The number of hydrogen-bond acceptors (Lipinski definition) is 4. The molecular weight excluding hydrogens is 298 g/mol. The van der Waals surface area contributed by atoms with Gasteiger partial charge in [0.25, 0.3) is 0 Å². The summed E-state index contributed by atoms with van der Waals surface area (Å²) in [6.45, 7) is 0. The van der Waals surface area contributed by atoms with Crippen molar-refractivity contribution >= 4 is 35.0 Å². The summed E-state index contributed by atoms with van der Waals surface area (Å²) < 4.78 is 5.14. The number of ether oxygens (including phenoxy) is 1. The summed E-state index contributed by atoms with van der Waals surface area (Å²) in [5, 5.41) is 9.58. The maximum absolute atomic E-state index is 11.2. The van der Waals surface area contributed by atoms with E-state index < -0.39 is 5.97 Å². The highest BCUT2D eigenvalue weighted by Crippen LogP contribution is 2.39. The van der Waals surface area contributed by atoms with E-state index in [2.05, 4.69) is 0 Å². The Morgan fingerprint density at radius 1 is 1.30 bits per heavy atom. The van der Waals surface area contributed by atoms with Gasteiger partial charge in [0.15, 0.2) is 0 Å². The topological polar surface area (TPSA) is 72.5 Å². The number of carbonyl (C=O) groups is 1. The lowest BCUT2D eigenvalue weighted by Gasteiger charge is -2.11. The van der Waals surface area contributed by atoms with Crippen LogP contribution in [0.2, 0.25) is 5.02 Å². The highest BCUT2D eigenvalue weighted by Gasteiger charge is 2.13. The number of methoxy groups -OCH3 is 1. The number of anilines is 1. The van der Waals surface area contributed by atoms with E-state index >= 15 is 0 Å². The van der Waals surface area contributed by atoms with E-state index in [1.54, 1.807) is 36.4 Å². The Balaban J connectivity index is 2.42. The van der Waals surface area contributed by atoms with Gasteiger partial charge in [-0.25, -0.2) is 4.79 Å². The van der Waals surface area contributed by atoms with E-state index in [1.165, 1.54) is 18.9 Å². The molecular formula is C14H12ClNO3S. The molecule has 0 aliphatic rings. The first kappa shape index (κ1) is 14.6. The molecule has 0 amide bonds. The van der Waals surface area contributed by atoms with Gasteiger partial charge in [0.1, 0.15) is 5.75 Å². The number of rotatable bonds is 4. The van der Waals surface area contributed by atoms with Gasteiger partial charge in [-0.3, -0.25) is 0 Å². The number of benzene rings is 2. The van der Waals surface area contributed by atoms with Crippen LogP contribution in [0.3, 0.4) is 0 Å². The highest BCUT2D eigenvalue weighted by atomic mass is 35.5. The van der Waals surface area contributed by atoms with E-state index in [1.807, 2.05) is 0 Å². The molecule has 0 radical (unpaired) electrons. The molecule has 0 spiro atoms. The Labute approximate surface area is 125 Å². The van der Waals surface area contributed by atoms with Gasteiger partial charge in [0, 0.05) is 15.5 Å². The van der Waals surface area contributed by atoms with Crippen LogP contribution in [-0.4, -0.2) is 18.2 Å². The van der Waals surface area contributed by atoms with Crippen LogP contribution in [0, 0.1) is 0 Å². The van der Waals surface area contributed by atoms with Gasteiger partial charge in [-0.2, -0.15) is 0 Å². The molecule has 2 rings (SSSR count). The number of hydrogen-bond donors (Lipinski definition) is 2. The second-order valence-corrected chi connectivity index (χ2v) is 5.42. The molecule has 0 aliphatic heterocycles. The van der Waals surface area contributed by atoms with Gasteiger partial charge in [-0.05, 0) is 24.3 Å². The van der Waals surface area contributed by atoms with Crippen molar-refractivity contribution in [2.45, 2.75) is 9.79 Å². The van der Waals surface area contributed by atoms with Crippen LogP contribution in [-0.2, 0) is 0 Å². The largest absolute Gasteiger partial charge is 0.495 e. The van der Waals surface area contributed by atoms with Crippen molar-refractivity contribution in [1.29, 1.82) is 0 Å². The minimum absolute atomic E-state index is 0.228. The van der Waals surface area contributed by atoms with Crippen LogP contribution in [0.15, 0.2) is 46.2 Å². The molecule has 20 heavy (non-hydrogen) atoms. The van der Waals surface area contributed by atoms with Crippen molar-refractivity contribution in [3.05, 3.63) is 47.0 Å². The van der Waals surface area contributed by atoms with E-state index in [0.717, 1.165) is 0 Å². The number of carboxylic acids is 1. The van der Waals surface area contributed by atoms with Crippen molar-refractivity contribution < 1.29 is 14.6 Å². The second-order valence-electron chi connectivity index (χ2n) is 3.93. The van der Waals surface area contributed by atoms with Gasteiger partial charge in [-0.15, -0.1) is 0 Å². The van der Waals surface area contributed by atoms with Crippen LogP contribution in [0.1, 0.15) is 10.4 Å². The lowest BCUT2D eigenvalue weighted by molar-refractivity contribution is 0.0693. The number of nitrogens with two attached hydrogens (primary N) is 1. The van der Waals surface area contributed by atoms with Gasteiger partial charge in [-0.1, -0.05) is 35.5 Å². The third-order valence-electron chi connectivity index (χ3n) is 2.62. The first-order chi connectivity index (χ1) is 9.52. The molecule has 0 atom stereocenters. The smallest absolute Gasteiger partial charge is 0.336 e. The Bertz CT molecular complexity index is 661. The fourth-order valence-electron chi connectivity index (χ4n) is 1.65. The van der Waals surface area contributed by atoms with Crippen molar-refractivity contribution in [3.8, 4) is 5.75 Å².